The van der Waals surface area contributed by atoms with Gasteiger partial charge >= 0.3 is 5.97 Å². The number of hydrogen-bond donors (Lipinski definition) is 1. The Morgan fingerprint density at radius 1 is 1.12 bits per heavy atom. The number of anilines is 1. The van der Waals surface area contributed by atoms with Crippen molar-refractivity contribution in [3.05, 3.63) is 53.1 Å². The second-order valence-electron chi connectivity index (χ2n) is 5.11. The third-order valence-electron chi connectivity index (χ3n) is 3.37. The van der Waals surface area contributed by atoms with Crippen LogP contribution >= 0.6 is 11.6 Å². The number of amides is 1. The van der Waals surface area contributed by atoms with Crippen molar-refractivity contribution in [2.75, 3.05) is 12.1 Å². The summed E-state index contributed by atoms with van der Waals surface area (Å²) in [4.78, 5) is 24.1. The molecule has 0 aromatic heterocycles. The summed E-state index contributed by atoms with van der Waals surface area (Å²) in [7, 11) is 0. The second kappa shape index (κ2) is 6.80. The van der Waals surface area contributed by atoms with Crippen LogP contribution in [0.2, 0.25) is 5.02 Å². The van der Waals surface area contributed by atoms with Crippen LogP contribution in [0.25, 0.3) is 0 Å². The van der Waals surface area contributed by atoms with Gasteiger partial charge in [-0.2, -0.15) is 0 Å². The van der Waals surface area contributed by atoms with Crippen LogP contribution in [0.4, 0.5) is 5.69 Å². The summed E-state index contributed by atoms with van der Waals surface area (Å²) in [6.45, 7) is 1.65. The monoisotopic (exact) mass is 347 g/mol. The lowest BCUT2D eigenvalue weighted by molar-refractivity contribution is -0.123. The normalized spacial score (nSPS) is 13.2. The van der Waals surface area contributed by atoms with Gasteiger partial charge in [-0.1, -0.05) is 11.6 Å². The summed E-state index contributed by atoms with van der Waals surface area (Å²) >= 11 is 5.77. The molecule has 2 aromatic carbocycles. The molecule has 0 saturated heterocycles. The average molecular weight is 348 g/mol. The predicted molar refractivity (Wildman–Crippen MR) is 87.5 cm³/mol. The molecule has 1 heterocycles. The van der Waals surface area contributed by atoms with E-state index in [4.69, 9.17) is 25.8 Å². The third kappa shape index (κ3) is 3.60. The molecular formula is C17H14ClNO5. The van der Waals surface area contributed by atoms with Gasteiger partial charge in [-0.25, -0.2) is 4.79 Å². The van der Waals surface area contributed by atoms with Crippen molar-refractivity contribution in [1.29, 1.82) is 0 Å². The summed E-state index contributed by atoms with van der Waals surface area (Å²) in [6.07, 6.45) is -0.960. The molecule has 0 bridgehead atoms. The molecular weight excluding hydrogens is 334 g/mol. The van der Waals surface area contributed by atoms with E-state index in [9.17, 15) is 9.59 Å². The number of carbonyl (C=O) groups is 2. The molecule has 0 radical (unpaired) electrons. The van der Waals surface area contributed by atoms with Gasteiger partial charge in [0.15, 0.2) is 17.6 Å². The van der Waals surface area contributed by atoms with Crippen LogP contribution in [0, 0.1) is 0 Å². The van der Waals surface area contributed by atoms with E-state index < -0.39 is 18.0 Å². The molecule has 3 rings (SSSR count). The predicted octanol–water partition coefficient (Wildman–Crippen LogP) is 3.25. The molecule has 6 nitrogen and oxygen atoms in total. The molecule has 2 aromatic rings. The topological polar surface area (TPSA) is 73.9 Å². The minimum atomic E-state index is -0.960. The fourth-order valence-corrected chi connectivity index (χ4v) is 2.21. The Hall–Kier alpha value is -2.73. The van der Waals surface area contributed by atoms with Crippen LogP contribution in [-0.2, 0) is 9.53 Å². The first-order valence-corrected chi connectivity index (χ1v) is 7.58. The fourth-order valence-electron chi connectivity index (χ4n) is 2.09. The van der Waals surface area contributed by atoms with Gasteiger partial charge in [-0.15, -0.1) is 0 Å². The van der Waals surface area contributed by atoms with Crippen molar-refractivity contribution in [2.45, 2.75) is 13.0 Å². The number of ether oxygens (including phenoxy) is 3. The van der Waals surface area contributed by atoms with Gasteiger partial charge in [0.25, 0.3) is 5.91 Å². The summed E-state index contributed by atoms with van der Waals surface area (Å²) in [5, 5.41) is 3.18. The van der Waals surface area contributed by atoms with Crippen molar-refractivity contribution in [1.82, 2.24) is 0 Å². The minimum Gasteiger partial charge on any atom is -0.454 e. The van der Waals surface area contributed by atoms with Gasteiger partial charge in [0.05, 0.1) is 5.56 Å². The molecule has 24 heavy (non-hydrogen) atoms. The van der Waals surface area contributed by atoms with Gasteiger partial charge in [-0.05, 0) is 43.3 Å². The van der Waals surface area contributed by atoms with Gasteiger partial charge in [-0.3, -0.25) is 4.79 Å². The van der Waals surface area contributed by atoms with Crippen LogP contribution in [0.1, 0.15) is 17.3 Å². The molecule has 0 aliphatic carbocycles. The van der Waals surface area contributed by atoms with Crippen LogP contribution in [0.5, 0.6) is 11.5 Å². The van der Waals surface area contributed by atoms with E-state index in [0.717, 1.165) is 0 Å². The fraction of sp³-hybridized carbons (Fsp3) is 0.176. The molecule has 1 N–H and O–H groups in total. The molecule has 124 valence electrons. The van der Waals surface area contributed by atoms with E-state index in [1.54, 1.807) is 30.3 Å². The molecule has 1 atom stereocenters. The number of halogens is 1. The number of fused-ring (bicyclic) bond motifs is 1. The van der Waals surface area contributed by atoms with Gasteiger partial charge in [0.1, 0.15) is 0 Å². The van der Waals surface area contributed by atoms with E-state index in [0.29, 0.717) is 27.8 Å². The number of esters is 1. The molecule has 0 spiro atoms. The van der Waals surface area contributed by atoms with Gasteiger partial charge in [0.2, 0.25) is 6.79 Å². The zero-order valence-electron chi connectivity index (χ0n) is 12.7. The summed E-state index contributed by atoms with van der Waals surface area (Å²) < 4.78 is 15.6. The van der Waals surface area contributed by atoms with Crippen LogP contribution in [0.15, 0.2) is 42.5 Å². The van der Waals surface area contributed by atoms with Crippen molar-refractivity contribution >= 4 is 29.2 Å². The first kappa shape index (κ1) is 16.1. The van der Waals surface area contributed by atoms with E-state index in [1.807, 2.05) is 0 Å². The van der Waals surface area contributed by atoms with E-state index >= 15 is 0 Å². The number of hydrogen-bond acceptors (Lipinski definition) is 5. The van der Waals surface area contributed by atoms with E-state index in [1.165, 1.54) is 19.1 Å². The molecule has 0 saturated carbocycles. The number of rotatable bonds is 4. The highest BCUT2D eigenvalue weighted by Gasteiger charge is 2.20. The lowest BCUT2D eigenvalue weighted by Crippen LogP contribution is -2.30. The Kier molecular flexibility index (Phi) is 4.57. The zero-order valence-corrected chi connectivity index (χ0v) is 13.5. The van der Waals surface area contributed by atoms with Crippen molar-refractivity contribution in [3.8, 4) is 11.5 Å². The smallest absolute Gasteiger partial charge is 0.338 e. The highest BCUT2D eigenvalue weighted by atomic mass is 35.5. The zero-order chi connectivity index (χ0) is 17.1. The van der Waals surface area contributed by atoms with Crippen molar-refractivity contribution in [2.24, 2.45) is 0 Å². The molecule has 0 fully saturated rings. The Morgan fingerprint density at radius 3 is 2.58 bits per heavy atom. The van der Waals surface area contributed by atoms with Crippen molar-refractivity contribution in [3.63, 3.8) is 0 Å². The Balaban J connectivity index is 1.60. The van der Waals surface area contributed by atoms with Crippen LogP contribution < -0.4 is 14.8 Å². The first-order chi connectivity index (χ1) is 11.5. The highest BCUT2D eigenvalue weighted by Crippen LogP contribution is 2.34. The molecule has 0 unspecified atom stereocenters. The lowest BCUT2D eigenvalue weighted by atomic mass is 10.2. The van der Waals surface area contributed by atoms with Gasteiger partial charge in [0, 0.05) is 16.8 Å². The van der Waals surface area contributed by atoms with Crippen LogP contribution in [-0.4, -0.2) is 24.8 Å². The maximum atomic E-state index is 12.2. The van der Waals surface area contributed by atoms with Gasteiger partial charge < -0.3 is 19.5 Å². The minimum absolute atomic E-state index is 0.155. The largest absolute Gasteiger partial charge is 0.454 e. The standard InChI is InChI=1S/C17H14ClNO5/c1-10(24-17(21)11-2-4-12(18)5-3-11)16(20)19-13-6-7-14-15(8-13)23-9-22-14/h2-8,10H,9H2,1H3,(H,19,20)/t10-/m1/s1. The Morgan fingerprint density at radius 2 is 1.83 bits per heavy atom. The third-order valence-corrected chi connectivity index (χ3v) is 3.63. The molecule has 1 aliphatic heterocycles. The first-order valence-electron chi connectivity index (χ1n) is 7.20. The lowest BCUT2D eigenvalue weighted by Gasteiger charge is -2.14. The average Bonchev–Trinajstić information content (AvgIpc) is 3.03. The second-order valence-corrected chi connectivity index (χ2v) is 5.55. The summed E-state index contributed by atoms with van der Waals surface area (Å²) in [5.74, 6) is 0.130. The van der Waals surface area contributed by atoms with Crippen LogP contribution in [0.3, 0.4) is 0 Å². The van der Waals surface area contributed by atoms with E-state index in [2.05, 4.69) is 5.32 Å². The summed E-state index contributed by atoms with van der Waals surface area (Å²) in [6, 6.07) is 11.3. The molecule has 1 amide bonds. The maximum Gasteiger partial charge on any atom is 0.338 e. The Labute approximate surface area is 143 Å². The summed E-state index contributed by atoms with van der Waals surface area (Å²) in [5.41, 5.74) is 0.848. The Bertz CT molecular complexity index is 775. The number of nitrogens with one attached hydrogen (secondary N) is 1. The SMILES string of the molecule is C[C@@H](OC(=O)c1ccc(Cl)cc1)C(=O)Nc1ccc2c(c1)OCO2. The van der Waals surface area contributed by atoms with Crippen molar-refractivity contribution < 1.29 is 23.8 Å². The number of carbonyl (C=O) groups excluding carboxylic acids is 2. The molecule has 7 heteroatoms. The maximum absolute atomic E-state index is 12.2. The van der Waals surface area contributed by atoms with E-state index in [-0.39, 0.29) is 6.79 Å². The quantitative estimate of drug-likeness (QED) is 0.859. The highest BCUT2D eigenvalue weighted by molar-refractivity contribution is 6.30. The number of benzene rings is 2. The molecule has 1 aliphatic rings.